The van der Waals surface area contributed by atoms with Crippen LogP contribution in [0.4, 0.5) is 0 Å². The summed E-state index contributed by atoms with van der Waals surface area (Å²) in [6, 6.07) is 0. The van der Waals surface area contributed by atoms with Crippen LogP contribution < -0.4 is 0 Å². The molecule has 0 bridgehead atoms. The van der Waals surface area contributed by atoms with Crippen LogP contribution in [-0.4, -0.2) is 25.0 Å². The van der Waals surface area contributed by atoms with Gasteiger partial charge in [0.2, 0.25) is 0 Å². The van der Waals surface area contributed by atoms with Crippen molar-refractivity contribution in [2.75, 3.05) is 11.5 Å². The van der Waals surface area contributed by atoms with Crippen LogP contribution >= 0.6 is 0 Å². The van der Waals surface area contributed by atoms with Gasteiger partial charge >= 0.3 is 4.38 Å². The fourth-order valence-electron chi connectivity index (χ4n) is 0.840. The first-order valence-corrected chi connectivity index (χ1v) is 7.62. The first-order chi connectivity index (χ1) is 6.63. The summed E-state index contributed by atoms with van der Waals surface area (Å²) >= 11 is -2.63. The van der Waals surface area contributed by atoms with E-state index in [2.05, 4.69) is 0 Å². The normalized spacial score (nSPS) is 15.1. The van der Waals surface area contributed by atoms with Crippen molar-refractivity contribution in [1.29, 1.82) is 5.41 Å². The molecule has 0 aliphatic rings. The van der Waals surface area contributed by atoms with Crippen molar-refractivity contribution in [3.8, 4) is 0 Å². The standard InChI is InChI=1S/C9H19NO2S2/c1-3-5-7-13(11)9(10)14(12)8-6-4-2/h10H,3-8H2,1-2H3. The summed E-state index contributed by atoms with van der Waals surface area (Å²) in [6.07, 6.45) is 3.58. The third-order valence-electron chi connectivity index (χ3n) is 1.78. The summed E-state index contributed by atoms with van der Waals surface area (Å²) in [5.41, 5.74) is 0. The van der Waals surface area contributed by atoms with E-state index in [0.717, 1.165) is 25.7 Å². The van der Waals surface area contributed by atoms with Gasteiger partial charge < -0.3 is 9.11 Å². The minimum Gasteiger partial charge on any atom is -0.607 e. The Bertz CT molecular complexity index is 151. The average molecular weight is 237 g/mol. The van der Waals surface area contributed by atoms with E-state index in [1.165, 1.54) is 0 Å². The highest BCUT2D eigenvalue weighted by atomic mass is 32.3. The third-order valence-corrected chi connectivity index (χ3v) is 5.04. The minimum atomic E-state index is -1.32. The van der Waals surface area contributed by atoms with E-state index in [1.807, 2.05) is 13.8 Å². The number of hydrogen-bond acceptors (Lipinski definition) is 3. The largest absolute Gasteiger partial charge is 0.607 e. The molecule has 0 saturated heterocycles. The van der Waals surface area contributed by atoms with Gasteiger partial charge in [0.15, 0.2) is 0 Å². The molecule has 0 amide bonds. The van der Waals surface area contributed by atoms with Gasteiger partial charge in [0.05, 0.1) is 22.4 Å². The van der Waals surface area contributed by atoms with Gasteiger partial charge in [-0.2, -0.15) is 0 Å². The fraction of sp³-hybridized carbons (Fsp3) is 0.889. The summed E-state index contributed by atoms with van der Waals surface area (Å²) in [5.74, 6) is 0.959. The zero-order chi connectivity index (χ0) is 11.0. The highest BCUT2D eigenvalue weighted by Crippen LogP contribution is 2.07. The quantitative estimate of drug-likeness (QED) is 0.436. The molecule has 5 heteroatoms. The first-order valence-electron chi connectivity index (χ1n) is 4.98. The van der Waals surface area contributed by atoms with Crippen LogP contribution in [0, 0.1) is 5.41 Å². The molecule has 0 fully saturated rings. The topological polar surface area (TPSA) is 70.0 Å². The van der Waals surface area contributed by atoms with E-state index < -0.39 is 22.4 Å². The summed E-state index contributed by atoms with van der Waals surface area (Å²) in [5, 5.41) is 7.46. The Morgan fingerprint density at radius 3 is 1.64 bits per heavy atom. The Hall–Kier alpha value is 0.290. The Morgan fingerprint density at radius 2 is 1.36 bits per heavy atom. The molecule has 0 spiro atoms. The van der Waals surface area contributed by atoms with Crippen molar-refractivity contribution in [3.05, 3.63) is 0 Å². The van der Waals surface area contributed by atoms with Crippen molar-refractivity contribution >= 4 is 26.7 Å². The molecule has 0 aromatic rings. The molecule has 0 radical (unpaired) electrons. The second-order valence-corrected chi connectivity index (χ2v) is 6.37. The Balaban J connectivity index is 3.78. The van der Waals surface area contributed by atoms with Gasteiger partial charge in [0, 0.05) is 0 Å². The van der Waals surface area contributed by atoms with Crippen LogP contribution in [0.1, 0.15) is 39.5 Å². The molecule has 3 nitrogen and oxygen atoms in total. The monoisotopic (exact) mass is 237 g/mol. The van der Waals surface area contributed by atoms with Crippen LogP contribution in [-0.2, 0) is 22.4 Å². The van der Waals surface area contributed by atoms with Crippen LogP contribution in [0.15, 0.2) is 0 Å². The summed E-state index contributed by atoms with van der Waals surface area (Å²) in [7, 11) is 0. The highest BCUT2D eigenvalue weighted by molar-refractivity contribution is 8.31. The van der Waals surface area contributed by atoms with Gasteiger partial charge in [0.25, 0.3) is 0 Å². The SMILES string of the molecule is CCCC[S+]([O-])C(=N)[S+]([O-])CCCC. The molecule has 0 aliphatic carbocycles. The van der Waals surface area contributed by atoms with Crippen molar-refractivity contribution < 1.29 is 9.11 Å². The van der Waals surface area contributed by atoms with Crippen molar-refractivity contribution in [1.82, 2.24) is 0 Å². The van der Waals surface area contributed by atoms with Gasteiger partial charge in [-0.05, 0) is 12.8 Å². The predicted molar refractivity (Wildman–Crippen MR) is 63.6 cm³/mol. The van der Waals surface area contributed by atoms with E-state index in [1.54, 1.807) is 0 Å². The lowest BCUT2D eigenvalue weighted by Crippen LogP contribution is -2.28. The van der Waals surface area contributed by atoms with Crippen molar-refractivity contribution in [2.45, 2.75) is 39.5 Å². The molecule has 14 heavy (non-hydrogen) atoms. The Labute approximate surface area is 92.5 Å². The smallest absolute Gasteiger partial charge is 0.415 e. The van der Waals surface area contributed by atoms with E-state index in [4.69, 9.17) is 5.41 Å². The maximum Gasteiger partial charge on any atom is 0.415 e. The van der Waals surface area contributed by atoms with Crippen LogP contribution in [0.2, 0.25) is 0 Å². The molecular weight excluding hydrogens is 218 g/mol. The highest BCUT2D eigenvalue weighted by Gasteiger charge is 2.27. The van der Waals surface area contributed by atoms with Crippen LogP contribution in [0.25, 0.3) is 0 Å². The molecule has 2 unspecified atom stereocenters. The molecule has 84 valence electrons. The number of nitrogens with one attached hydrogen (secondary N) is 1. The minimum absolute atomic E-state index is 0.0769. The van der Waals surface area contributed by atoms with E-state index in [9.17, 15) is 9.11 Å². The maximum absolute atomic E-state index is 11.4. The number of hydrogen-bond donors (Lipinski definition) is 1. The molecule has 0 rings (SSSR count). The molecule has 0 aromatic carbocycles. The lowest BCUT2D eigenvalue weighted by atomic mass is 10.4. The molecule has 1 N–H and O–H groups in total. The lowest BCUT2D eigenvalue weighted by Gasteiger charge is -2.12. The van der Waals surface area contributed by atoms with E-state index in [-0.39, 0.29) is 4.38 Å². The second-order valence-electron chi connectivity index (χ2n) is 3.09. The van der Waals surface area contributed by atoms with Crippen molar-refractivity contribution in [3.63, 3.8) is 0 Å². The zero-order valence-electron chi connectivity index (χ0n) is 8.88. The maximum atomic E-state index is 11.4. The zero-order valence-corrected chi connectivity index (χ0v) is 10.5. The molecule has 0 saturated carbocycles. The van der Waals surface area contributed by atoms with Crippen LogP contribution in [0.3, 0.4) is 0 Å². The van der Waals surface area contributed by atoms with E-state index >= 15 is 0 Å². The first kappa shape index (κ1) is 14.3. The van der Waals surface area contributed by atoms with Gasteiger partial charge in [-0.25, -0.2) is 5.41 Å². The van der Waals surface area contributed by atoms with Gasteiger partial charge in [-0.15, -0.1) is 0 Å². The molecule has 0 heterocycles. The van der Waals surface area contributed by atoms with Crippen molar-refractivity contribution in [2.24, 2.45) is 0 Å². The predicted octanol–water partition coefficient (Wildman–Crippen LogP) is 2.02. The number of rotatable bonds is 6. The molecule has 0 aliphatic heterocycles. The average Bonchev–Trinajstić information content (AvgIpc) is 2.21. The molecular formula is C9H19NO2S2. The summed E-state index contributed by atoms with van der Waals surface area (Å²) in [4.78, 5) is 0. The van der Waals surface area contributed by atoms with Gasteiger partial charge in [-0.3, -0.25) is 0 Å². The van der Waals surface area contributed by atoms with E-state index in [0.29, 0.717) is 11.5 Å². The Morgan fingerprint density at radius 1 is 1.00 bits per heavy atom. The number of unbranched alkanes of at least 4 members (excludes halogenated alkanes) is 2. The summed E-state index contributed by atoms with van der Waals surface area (Å²) in [6.45, 7) is 4.02. The third kappa shape index (κ3) is 5.90. The fourth-order valence-corrected chi connectivity index (χ4v) is 3.64. The van der Waals surface area contributed by atoms with Gasteiger partial charge in [-0.1, -0.05) is 26.7 Å². The molecule has 0 aromatic heterocycles. The van der Waals surface area contributed by atoms with Crippen LogP contribution in [0.5, 0.6) is 0 Å². The van der Waals surface area contributed by atoms with Gasteiger partial charge in [0.1, 0.15) is 11.5 Å². The molecule has 2 atom stereocenters. The Kier molecular flexibility index (Phi) is 8.76. The lowest BCUT2D eigenvalue weighted by molar-refractivity contribution is 0.597. The summed E-state index contributed by atoms with van der Waals surface area (Å²) < 4.78 is 22.7. The second kappa shape index (κ2) is 8.59.